The number of rotatable bonds is 12. The summed E-state index contributed by atoms with van der Waals surface area (Å²) in [6.45, 7) is 0.945. The number of hydrogen-bond acceptors (Lipinski definition) is 4. The summed E-state index contributed by atoms with van der Waals surface area (Å²) in [5.41, 5.74) is 2.33. The maximum Gasteiger partial charge on any atom is 0.329 e. The first-order chi connectivity index (χ1) is 14.7. The molecule has 0 radical (unpaired) electrons. The smallest absolute Gasteiger partial charge is 0.329 e. The van der Waals surface area contributed by atoms with Crippen molar-refractivity contribution in [2.45, 2.75) is 5.60 Å². The molecule has 0 aliphatic heterocycles. The van der Waals surface area contributed by atoms with Crippen molar-refractivity contribution in [3.63, 3.8) is 0 Å². The van der Waals surface area contributed by atoms with Gasteiger partial charge < -0.3 is 19.3 Å². The van der Waals surface area contributed by atoms with Crippen molar-refractivity contribution in [1.29, 1.82) is 0 Å². The molecule has 3 aromatic rings. The molecule has 30 heavy (non-hydrogen) atoms. The van der Waals surface area contributed by atoms with E-state index in [9.17, 15) is 4.79 Å². The summed E-state index contributed by atoms with van der Waals surface area (Å²) in [7, 11) is 0. The van der Waals surface area contributed by atoms with Gasteiger partial charge in [-0.2, -0.15) is 0 Å². The zero-order chi connectivity index (χ0) is 21.1. The van der Waals surface area contributed by atoms with E-state index in [-0.39, 0.29) is 13.2 Å². The van der Waals surface area contributed by atoms with Gasteiger partial charge in [0.05, 0.1) is 26.4 Å². The molecule has 5 nitrogen and oxygen atoms in total. The van der Waals surface area contributed by atoms with E-state index < -0.39 is 11.6 Å². The van der Waals surface area contributed by atoms with Crippen LogP contribution in [0.15, 0.2) is 91.0 Å². The van der Waals surface area contributed by atoms with Crippen LogP contribution in [0.3, 0.4) is 0 Å². The molecule has 0 bridgehead atoms. The second kappa shape index (κ2) is 11.3. The predicted octanol–water partition coefficient (Wildman–Crippen LogP) is 4.11. The Hall–Kier alpha value is -2.99. The summed E-state index contributed by atoms with van der Waals surface area (Å²) in [6.07, 6.45) is 0. The standard InChI is InChI=1S/C25H26O5/c26-24(27)20-29-17-16-28-18-19-30-25(21-10-4-1-5-11-21,22-12-6-2-7-13-22)23-14-8-3-9-15-23/h1-15H,16-20H2,(H,26,27). The third-order valence-corrected chi connectivity index (χ3v) is 4.68. The average Bonchev–Trinajstić information content (AvgIpc) is 2.80. The Kier molecular flexibility index (Phi) is 8.15. The van der Waals surface area contributed by atoms with Crippen molar-refractivity contribution < 1.29 is 24.1 Å². The Bertz CT molecular complexity index is 785. The van der Waals surface area contributed by atoms with Crippen molar-refractivity contribution >= 4 is 5.97 Å². The van der Waals surface area contributed by atoms with Crippen LogP contribution in [0.4, 0.5) is 0 Å². The summed E-state index contributed by atoms with van der Waals surface area (Å²) < 4.78 is 17.1. The van der Waals surface area contributed by atoms with E-state index in [4.69, 9.17) is 19.3 Å². The zero-order valence-corrected chi connectivity index (χ0v) is 16.8. The number of aliphatic carboxylic acids is 1. The van der Waals surface area contributed by atoms with E-state index in [1.807, 2.05) is 54.6 Å². The summed E-state index contributed by atoms with van der Waals surface area (Å²) in [6, 6.07) is 30.4. The van der Waals surface area contributed by atoms with Crippen LogP contribution in [0.5, 0.6) is 0 Å². The van der Waals surface area contributed by atoms with Crippen LogP contribution in [0.1, 0.15) is 16.7 Å². The van der Waals surface area contributed by atoms with Crippen LogP contribution in [0.25, 0.3) is 0 Å². The zero-order valence-electron chi connectivity index (χ0n) is 16.8. The van der Waals surface area contributed by atoms with Crippen molar-refractivity contribution in [2.75, 3.05) is 33.0 Å². The SMILES string of the molecule is O=C(O)COCCOCCOC(c1ccccc1)(c1ccccc1)c1ccccc1. The molecule has 5 heteroatoms. The van der Waals surface area contributed by atoms with E-state index in [1.54, 1.807) is 0 Å². The van der Waals surface area contributed by atoms with Crippen LogP contribution in [0.2, 0.25) is 0 Å². The Morgan fingerprint density at radius 2 is 1.03 bits per heavy atom. The Morgan fingerprint density at radius 1 is 0.633 bits per heavy atom. The number of hydrogen-bond donors (Lipinski definition) is 1. The van der Waals surface area contributed by atoms with E-state index in [1.165, 1.54) is 0 Å². The monoisotopic (exact) mass is 406 g/mol. The second-order valence-corrected chi connectivity index (χ2v) is 6.69. The van der Waals surface area contributed by atoms with Gasteiger partial charge in [0.15, 0.2) is 0 Å². The quantitative estimate of drug-likeness (QED) is 0.362. The number of carbonyl (C=O) groups is 1. The summed E-state index contributed by atoms with van der Waals surface area (Å²) in [5, 5.41) is 8.58. The lowest BCUT2D eigenvalue weighted by molar-refractivity contribution is -0.142. The number of carboxylic acids is 1. The molecule has 3 rings (SSSR count). The molecule has 0 spiro atoms. The van der Waals surface area contributed by atoms with Crippen molar-refractivity contribution in [3.8, 4) is 0 Å². The molecule has 0 fully saturated rings. The van der Waals surface area contributed by atoms with E-state index in [2.05, 4.69) is 36.4 Å². The average molecular weight is 406 g/mol. The lowest BCUT2D eigenvalue weighted by Crippen LogP contribution is -2.34. The van der Waals surface area contributed by atoms with Crippen LogP contribution >= 0.6 is 0 Å². The van der Waals surface area contributed by atoms with Gasteiger partial charge in [-0.05, 0) is 16.7 Å². The van der Waals surface area contributed by atoms with Gasteiger partial charge >= 0.3 is 5.97 Å². The lowest BCUT2D eigenvalue weighted by atomic mass is 9.80. The normalized spacial score (nSPS) is 11.3. The minimum atomic E-state index is -0.989. The van der Waals surface area contributed by atoms with Gasteiger partial charge in [-0.3, -0.25) is 0 Å². The van der Waals surface area contributed by atoms with E-state index in [0.717, 1.165) is 16.7 Å². The lowest BCUT2D eigenvalue weighted by Gasteiger charge is -2.36. The number of carboxylic acid groups (broad SMARTS) is 1. The van der Waals surface area contributed by atoms with Crippen LogP contribution in [0, 0.1) is 0 Å². The van der Waals surface area contributed by atoms with Crippen molar-refractivity contribution in [3.05, 3.63) is 108 Å². The fourth-order valence-corrected chi connectivity index (χ4v) is 3.40. The molecule has 0 aliphatic rings. The third-order valence-electron chi connectivity index (χ3n) is 4.68. The van der Waals surface area contributed by atoms with Crippen molar-refractivity contribution in [2.24, 2.45) is 0 Å². The molecule has 0 saturated carbocycles. The minimum Gasteiger partial charge on any atom is -0.480 e. The number of ether oxygens (including phenoxy) is 3. The highest BCUT2D eigenvalue weighted by Gasteiger charge is 2.37. The van der Waals surface area contributed by atoms with E-state index in [0.29, 0.717) is 19.8 Å². The molecule has 0 amide bonds. The molecule has 156 valence electrons. The highest BCUT2D eigenvalue weighted by atomic mass is 16.6. The van der Waals surface area contributed by atoms with Gasteiger partial charge in [0.25, 0.3) is 0 Å². The fourth-order valence-electron chi connectivity index (χ4n) is 3.40. The van der Waals surface area contributed by atoms with Gasteiger partial charge in [-0.25, -0.2) is 4.79 Å². The first-order valence-corrected chi connectivity index (χ1v) is 9.91. The Balaban J connectivity index is 1.79. The van der Waals surface area contributed by atoms with Gasteiger partial charge in [-0.15, -0.1) is 0 Å². The molecule has 0 heterocycles. The number of benzene rings is 3. The van der Waals surface area contributed by atoms with Crippen molar-refractivity contribution in [1.82, 2.24) is 0 Å². The first-order valence-electron chi connectivity index (χ1n) is 9.91. The van der Waals surface area contributed by atoms with Crippen LogP contribution < -0.4 is 0 Å². The molecule has 1 N–H and O–H groups in total. The molecule has 3 aromatic carbocycles. The predicted molar refractivity (Wildman–Crippen MR) is 114 cm³/mol. The Labute approximate surface area is 176 Å². The fraction of sp³-hybridized carbons (Fsp3) is 0.240. The first kappa shape index (κ1) is 21.7. The van der Waals surface area contributed by atoms with Gasteiger partial charge in [0.1, 0.15) is 12.2 Å². The summed E-state index contributed by atoms with van der Waals surface area (Å²) in [4.78, 5) is 10.5. The molecule has 0 aromatic heterocycles. The summed E-state index contributed by atoms with van der Waals surface area (Å²) in [5.74, 6) is -0.989. The highest BCUT2D eigenvalue weighted by Crippen LogP contribution is 2.40. The Morgan fingerprint density at radius 3 is 1.47 bits per heavy atom. The van der Waals surface area contributed by atoms with E-state index >= 15 is 0 Å². The second-order valence-electron chi connectivity index (χ2n) is 6.69. The molecule has 0 aliphatic carbocycles. The highest BCUT2D eigenvalue weighted by molar-refractivity contribution is 5.67. The summed E-state index contributed by atoms with van der Waals surface area (Å²) >= 11 is 0. The maximum atomic E-state index is 10.5. The molecule has 0 saturated heterocycles. The molecular weight excluding hydrogens is 380 g/mol. The third kappa shape index (κ3) is 5.54. The molecule has 0 atom stereocenters. The van der Waals surface area contributed by atoms with Gasteiger partial charge in [-0.1, -0.05) is 91.0 Å². The maximum absolute atomic E-state index is 10.5. The largest absolute Gasteiger partial charge is 0.480 e. The minimum absolute atomic E-state index is 0.230. The van der Waals surface area contributed by atoms with Crippen LogP contribution in [-0.2, 0) is 24.6 Å². The molecular formula is C25H26O5. The topological polar surface area (TPSA) is 65.0 Å². The van der Waals surface area contributed by atoms with Gasteiger partial charge in [0.2, 0.25) is 0 Å². The van der Waals surface area contributed by atoms with Crippen LogP contribution in [-0.4, -0.2) is 44.1 Å². The van der Waals surface area contributed by atoms with Gasteiger partial charge in [0, 0.05) is 0 Å². The molecule has 0 unspecified atom stereocenters.